The molecule has 0 saturated carbocycles. The highest BCUT2D eigenvalue weighted by Gasteiger charge is 2.05. The zero-order valence-corrected chi connectivity index (χ0v) is 14.4. The van der Waals surface area contributed by atoms with E-state index in [2.05, 4.69) is 15.6 Å². The number of ether oxygens (including phenoxy) is 1. The maximum absolute atomic E-state index is 12.0. The van der Waals surface area contributed by atoms with Crippen molar-refractivity contribution in [2.24, 2.45) is 0 Å². The standard InChI is InChI=1S/C18H24N4O2/c1-22(2)11-10-19-18(23)15-6-9-17(21-13-15)20-12-14-4-7-16(24-3)8-5-14/h4-9,13H,10-12H2,1-3H3,(H,19,23)(H,20,21). The van der Waals surface area contributed by atoms with Crippen LogP contribution in [0.1, 0.15) is 15.9 Å². The van der Waals surface area contributed by atoms with Gasteiger partial charge in [0, 0.05) is 25.8 Å². The van der Waals surface area contributed by atoms with Crippen molar-refractivity contribution in [1.29, 1.82) is 0 Å². The van der Waals surface area contributed by atoms with Crippen LogP contribution in [0.4, 0.5) is 5.82 Å². The number of carbonyl (C=O) groups excluding carboxylic acids is 1. The minimum absolute atomic E-state index is 0.106. The Kier molecular flexibility index (Phi) is 6.57. The number of carbonyl (C=O) groups is 1. The summed E-state index contributed by atoms with van der Waals surface area (Å²) in [6.45, 7) is 2.08. The van der Waals surface area contributed by atoms with E-state index in [-0.39, 0.29) is 5.91 Å². The van der Waals surface area contributed by atoms with Gasteiger partial charge in [0.15, 0.2) is 0 Å². The summed E-state index contributed by atoms with van der Waals surface area (Å²) < 4.78 is 5.14. The second-order valence-corrected chi connectivity index (χ2v) is 5.69. The van der Waals surface area contributed by atoms with Crippen molar-refractivity contribution < 1.29 is 9.53 Å². The third-order valence-electron chi connectivity index (χ3n) is 3.50. The molecule has 6 nitrogen and oxygen atoms in total. The first-order chi connectivity index (χ1) is 11.6. The van der Waals surface area contributed by atoms with Crippen molar-refractivity contribution in [3.63, 3.8) is 0 Å². The van der Waals surface area contributed by atoms with Gasteiger partial charge in [-0.3, -0.25) is 4.79 Å². The van der Waals surface area contributed by atoms with Crippen molar-refractivity contribution in [2.75, 3.05) is 39.6 Å². The summed E-state index contributed by atoms with van der Waals surface area (Å²) in [4.78, 5) is 18.3. The lowest BCUT2D eigenvalue weighted by Gasteiger charge is -2.11. The van der Waals surface area contributed by atoms with Crippen LogP contribution in [-0.4, -0.2) is 50.1 Å². The Hall–Kier alpha value is -2.60. The van der Waals surface area contributed by atoms with Crippen LogP contribution in [-0.2, 0) is 6.54 Å². The predicted molar refractivity (Wildman–Crippen MR) is 95.4 cm³/mol. The number of amides is 1. The third-order valence-corrected chi connectivity index (χ3v) is 3.50. The van der Waals surface area contributed by atoms with Gasteiger partial charge in [0.25, 0.3) is 5.91 Å². The zero-order valence-electron chi connectivity index (χ0n) is 14.4. The summed E-state index contributed by atoms with van der Waals surface area (Å²) in [5.74, 6) is 1.46. The molecule has 128 valence electrons. The van der Waals surface area contributed by atoms with Gasteiger partial charge in [-0.15, -0.1) is 0 Å². The lowest BCUT2D eigenvalue weighted by atomic mass is 10.2. The Balaban J connectivity index is 1.83. The molecule has 1 amide bonds. The summed E-state index contributed by atoms with van der Waals surface area (Å²) in [6.07, 6.45) is 1.58. The second kappa shape index (κ2) is 8.88. The number of methoxy groups -OCH3 is 1. The first kappa shape index (κ1) is 17.7. The third kappa shape index (κ3) is 5.55. The van der Waals surface area contributed by atoms with Crippen molar-refractivity contribution in [2.45, 2.75) is 6.54 Å². The van der Waals surface area contributed by atoms with E-state index >= 15 is 0 Å². The molecule has 0 aliphatic rings. The molecule has 1 heterocycles. The molecule has 0 aliphatic heterocycles. The number of anilines is 1. The van der Waals surface area contributed by atoms with Crippen LogP contribution in [0.2, 0.25) is 0 Å². The maximum atomic E-state index is 12.0. The molecule has 0 radical (unpaired) electrons. The van der Waals surface area contributed by atoms with E-state index in [0.29, 0.717) is 18.7 Å². The average molecular weight is 328 g/mol. The van der Waals surface area contributed by atoms with Gasteiger partial charge in [-0.2, -0.15) is 0 Å². The molecular formula is C18H24N4O2. The number of rotatable bonds is 8. The SMILES string of the molecule is COc1ccc(CNc2ccc(C(=O)NCCN(C)C)cn2)cc1. The number of nitrogens with zero attached hydrogens (tertiary/aromatic N) is 2. The normalized spacial score (nSPS) is 10.5. The molecule has 0 atom stereocenters. The number of pyridine rings is 1. The van der Waals surface area contributed by atoms with Crippen LogP contribution >= 0.6 is 0 Å². The van der Waals surface area contributed by atoms with Crippen LogP contribution in [0.15, 0.2) is 42.6 Å². The van der Waals surface area contributed by atoms with Gasteiger partial charge in [0.1, 0.15) is 11.6 Å². The molecule has 1 aromatic heterocycles. The van der Waals surface area contributed by atoms with Crippen molar-refractivity contribution in [3.8, 4) is 5.75 Å². The van der Waals surface area contributed by atoms with E-state index < -0.39 is 0 Å². The van der Waals surface area contributed by atoms with E-state index in [4.69, 9.17) is 4.74 Å². The Bertz CT molecular complexity index is 639. The van der Waals surface area contributed by atoms with E-state index in [9.17, 15) is 4.79 Å². The van der Waals surface area contributed by atoms with Gasteiger partial charge in [-0.1, -0.05) is 12.1 Å². The number of aromatic nitrogens is 1. The number of hydrogen-bond donors (Lipinski definition) is 2. The molecule has 0 saturated heterocycles. The van der Waals surface area contributed by atoms with Gasteiger partial charge in [0.05, 0.1) is 12.7 Å². The predicted octanol–water partition coefficient (Wildman–Crippen LogP) is 1.99. The molecule has 24 heavy (non-hydrogen) atoms. The molecule has 2 rings (SSSR count). The smallest absolute Gasteiger partial charge is 0.252 e. The van der Waals surface area contributed by atoms with Crippen molar-refractivity contribution in [3.05, 3.63) is 53.7 Å². The second-order valence-electron chi connectivity index (χ2n) is 5.69. The van der Waals surface area contributed by atoms with E-state index in [0.717, 1.165) is 23.7 Å². The van der Waals surface area contributed by atoms with E-state index in [1.54, 1.807) is 19.4 Å². The molecule has 0 aliphatic carbocycles. The number of hydrogen-bond acceptors (Lipinski definition) is 5. The minimum atomic E-state index is -0.106. The highest BCUT2D eigenvalue weighted by molar-refractivity contribution is 5.94. The van der Waals surface area contributed by atoms with Crippen molar-refractivity contribution in [1.82, 2.24) is 15.2 Å². The van der Waals surface area contributed by atoms with Crippen LogP contribution in [0, 0.1) is 0 Å². The average Bonchev–Trinajstić information content (AvgIpc) is 2.60. The largest absolute Gasteiger partial charge is 0.497 e. The summed E-state index contributed by atoms with van der Waals surface area (Å²) >= 11 is 0. The van der Waals surface area contributed by atoms with Gasteiger partial charge in [-0.05, 0) is 43.9 Å². The fraction of sp³-hybridized carbons (Fsp3) is 0.333. The Morgan fingerprint density at radius 2 is 1.92 bits per heavy atom. The van der Waals surface area contributed by atoms with Crippen molar-refractivity contribution >= 4 is 11.7 Å². The fourth-order valence-electron chi connectivity index (χ4n) is 2.06. The molecule has 2 aromatic rings. The van der Waals surface area contributed by atoms with Gasteiger partial charge in [0.2, 0.25) is 0 Å². The Labute approximate surface area is 142 Å². The molecule has 2 N–H and O–H groups in total. The Morgan fingerprint density at radius 3 is 2.50 bits per heavy atom. The minimum Gasteiger partial charge on any atom is -0.497 e. The molecule has 0 fully saturated rings. The van der Waals surface area contributed by atoms with Crippen LogP contribution in [0.5, 0.6) is 5.75 Å². The number of likely N-dealkylation sites (N-methyl/N-ethyl adjacent to an activating group) is 1. The monoisotopic (exact) mass is 328 g/mol. The van der Waals surface area contributed by atoms with Gasteiger partial charge in [-0.25, -0.2) is 4.98 Å². The van der Waals surface area contributed by atoms with Crippen LogP contribution in [0.3, 0.4) is 0 Å². The zero-order chi connectivity index (χ0) is 17.4. The first-order valence-electron chi connectivity index (χ1n) is 7.84. The number of nitrogens with one attached hydrogen (secondary N) is 2. The summed E-state index contributed by atoms with van der Waals surface area (Å²) in [5.41, 5.74) is 1.69. The molecule has 1 aromatic carbocycles. The topological polar surface area (TPSA) is 66.5 Å². The fourth-order valence-corrected chi connectivity index (χ4v) is 2.06. The van der Waals surface area contributed by atoms with Crippen LogP contribution in [0.25, 0.3) is 0 Å². The molecule has 0 spiro atoms. The van der Waals surface area contributed by atoms with Crippen LogP contribution < -0.4 is 15.4 Å². The maximum Gasteiger partial charge on any atom is 0.252 e. The molecule has 0 bridgehead atoms. The van der Waals surface area contributed by atoms with E-state index in [1.807, 2.05) is 49.3 Å². The molecule has 6 heteroatoms. The number of benzene rings is 1. The van der Waals surface area contributed by atoms with E-state index in [1.165, 1.54) is 0 Å². The lowest BCUT2D eigenvalue weighted by Crippen LogP contribution is -2.31. The summed E-state index contributed by atoms with van der Waals surface area (Å²) in [5, 5.41) is 6.10. The quantitative estimate of drug-likeness (QED) is 0.776. The lowest BCUT2D eigenvalue weighted by molar-refractivity contribution is 0.0950. The van der Waals surface area contributed by atoms with Gasteiger partial charge >= 0.3 is 0 Å². The highest BCUT2D eigenvalue weighted by Crippen LogP contribution is 2.13. The highest BCUT2D eigenvalue weighted by atomic mass is 16.5. The molecular weight excluding hydrogens is 304 g/mol. The Morgan fingerprint density at radius 1 is 1.17 bits per heavy atom. The summed E-state index contributed by atoms with van der Waals surface area (Å²) in [7, 11) is 5.59. The van der Waals surface area contributed by atoms with Gasteiger partial charge < -0.3 is 20.3 Å². The molecule has 0 unspecified atom stereocenters. The first-order valence-corrected chi connectivity index (χ1v) is 7.84. The summed E-state index contributed by atoms with van der Waals surface area (Å²) in [6, 6.07) is 11.4.